The zero-order valence-electron chi connectivity index (χ0n) is 10.3. The minimum absolute atomic E-state index is 0.0609. The van der Waals surface area contributed by atoms with Crippen molar-refractivity contribution in [1.29, 1.82) is 0 Å². The maximum Gasteiger partial charge on any atom is 0.234 e. The van der Waals surface area contributed by atoms with Gasteiger partial charge in [-0.15, -0.1) is 11.3 Å². The van der Waals surface area contributed by atoms with Crippen molar-refractivity contribution in [1.82, 2.24) is 15.2 Å². The number of likely N-dealkylation sites (N-methyl/N-ethyl adjacent to an activating group) is 1. The minimum atomic E-state index is 0.0609. The molecule has 0 fully saturated rings. The average molecular weight is 241 g/mol. The second kappa shape index (κ2) is 5.96. The third-order valence-corrected chi connectivity index (χ3v) is 2.89. The average Bonchev–Trinajstić information content (AvgIpc) is 2.48. The summed E-state index contributed by atoms with van der Waals surface area (Å²) in [6.45, 7) is 7.04. The van der Waals surface area contributed by atoms with Gasteiger partial charge in [-0.05, 0) is 27.8 Å². The summed E-state index contributed by atoms with van der Waals surface area (Å²) in [5.74, 6) is 0.0609. The first-order valence-corrected chi connectivity index (χ1v) is 6.24. The molecule has 0 aliphatic rings. The first kappa shape index (κ1) is 13.1. The van der Waals surface area contributed by atoms with Crippen LogP contribution in [0.2, 0.25) is 0 Å². The van der Waals surface area contributed by atoms with E-state index in [4.69, 9.17) is 0 Å². The van der Waals surface area contributed by atoms with Gasteiger partial charge in [0.25, 0.3) is 0 Å². The van der Waals surface area contributed by atoms with Crippen molar-refractivity contribution >= 4 is 17.2 Å². The molecule has 0 radical (unpaired) electrons. The smallest absolute Gasteiger partial charge is 0.234 e. The normalized spacial score (nSPS) is 11.1. The van der Waals surface area contributed by atoms with Gasteiger partial charge in [0, 0.05) is 17.1 Å². The number of rotatable bonds is 5. The molecule has 0 saturated carbocycles. The van der Waals surface area contributed by atoms with Gasteiger partial charge >= 0.3 is 0 Å². The quantitative estimate of drug-likeness (QED) is 0.847. The number of thiazole rings is 1. The fraction of sp³-hybridized carbons (Fsp3) is 0.636. The first-order chi connectivity index (χ1) is 7.47. The Kier molecular flexibility index (Phi) is 4.89. The molecule has 0 atom stereocenters. The van der Waals surface area contributed by atoms with Crippen LogP contribution in [-0.2, 0) is 11.3 Å². The van der Waals surface area contributed by atoms with Crippen molar-refractivity contribution in [3.8, 4) is 0 Å². The van der Waals surface area contributed by atoms with E-state index < -0.39 is 0 Å². The number of hydrogen-bond acceptors (Lipinski definition) is 4. The zero-order chi connectivity index (χ0) is 12.1. The highest BCUT2D eigenvalue weighted by Gasteiger charge is 2.09. The minimum Gasteiger partial charge on any atom is -0.353 e. The van der Waals surface area contributed by atoms with Crippen LogP contribution in [0.3, 0.4) is 0 Å². The summed E-state index contributed by atoms with van der Waals surface area (Å²) < 4.78 is 0. The Balaban J connectivity index is 2.35. The molecule has 0 unspecified atom stereocenters. The van der Waals surface area contributed by atoms with Gasteiger partial charge in [-0.3, -0.25) is 9.69 Å². The van der Waals surface area contributed by atoms with Crippen molar-refractivity contribution in [2.24, 2.45) is 0 Å². The second-order valence-electron chi connectivity index (χ2n) is 4.28. The standard InChI is InChI=1S/C11H19N3OS/c1-8(2)12-10(15)5-14(4)6-11-13-9(3)7-16-11/h7-8H,5-6H2,1-4H3,(H,12,15). The summed E-state index contributed by atoms with van der Waals surface area (Å²) in [5.41, 5.74) is 1.04. The highest BCUT2D eigenvalue weighted by molar-refractivity contribution is 7.09. The van der Waals surface area contributed by atoms with Gasteiger partial charge in [-0.1, -0.05) is 0 Å². The van der Waals surface area contributed by atoms with Gasteiger partial charge in [0.15, 0.2) is 0 Å². The Hall–Kier alpha value is -0.940. The Morgan fingerprint density at radius 3 is 2.81 bits per heavy atom. The first-order valence-electron chi connectivity index (χ1n) is 5.36. The molecular formula is C11H19N3OS. The number of aryl methyl sites for hydroxylation is 1. The highest BCUT2D eigenvalue weighted by Crippen LogP contribution is 2.10. The van der Waals surface area contributed by atoms with Crippen LogP contribution in [0.15, 0.2) is 5.38 Å². The molecule has 0 aliphatic heterocycles. The van der Waals surface area contributed by atoms with E-state index in [1.165, 1.54) is 0 Å². The molecule has 0 spiro atoms. The number of hydrogen-bond donors (Lipinski definition) is 1. The molecule has 5 heteroatoms. The SMILES string of the molecule is Cc1csc(CN(C)CC(=O)NC(C)C)n1. The molecule has 1 heterocycles. The van der Waals surface area contributed by atoms with E-state index in [2.05, 4.69) is 10.3 Å². The maximum atomic E-state index is 11.5. The van der Waals surface area contributed by atoms with E-state index in [0.29, 0.717) is 6.54 Å². The molecule has 1 amide bonds. The van der Waals surface area contributed by atoms with E-state index in [-0.39, 0.29) is 11.9 Å². The van der Waals surface area contributed by atoms with Crippen LogP contribution in [0.5, 0.6) is 0 Å². The zero-order valence-corrected chi connectivity index (χ0v) is 11.1. The van der Waals surface area contributed by atoms with Gasteiger partial charge in [0.2, 0.25) is 5.91 Å². The number of carbonyl (C=O) groups excluding carboxylic acids is 1. The number of aromatic nitrogens is 1. The van der Waals surface area contributed by atoms with E-state index >= 15 is 0 Å². The summed E-state index contributed by atoms with van der Waals surface area (Å²) in [5, 5.41) is 5.95. The van der Waals surface area contributed by atoms with Gasteiger partial charge < -0.3 is 5.32 Å². The van der Waals surface area contributed by atoms with E-state index in [1.54, 1.807) is 11.3 Å². The number of amides is 1. The van der Waals surface area contributed by atoms with Gasteiger partial charge in [-0.25, -0.2) is 4.98 Å². The summed E-state index contributed by atoms with van der Waals surface area (Å²) in [7, 11) is 1.93. The lowest BCUT2D eigenvalue weighted by atomic mass is 10.4. The molecule has 1 aromatic heterocycles. The lowest BCUT2D eigenvalue weighted by Crippen LogP contribution is -2.38. The van der Waals surface area contributed by atoms with E-state index in [1.807, 2.05) is 38.1 Å². The number of nitrogens with one attached hydrogen (secondary N) is 1. The van der Waals surface area contributed by atoms with Gasteiger partial charge in [0.05, 0.1) is 13.1 Å². The molecule has 1 N–H and O–H groups in total. The molecule has 90 valence electrons. The van der Waals surface area contributed by atoms with Crippen LogP contribution >= 0.6 is 11.3 Å². The van der Waals surface area contributed by atoms with Crippen LogP contribution in [0.1, 0.15) is 24.5 Å². The van der Waals surface area contributed by atoms with Crippen molar-refractivity contribution in [2.45, 2.75) is 33.4 Å². The third-order valence-electron chi connectivity index (χ3n) is 1.93. The van der Waals surface area contributed by atoms with Crippen molar-refractivity contribution in [3.63, 3.8) is 0 Å². The number of carbonyl (C=O) groups is 1. The molecule has 16 heavy (non-hydrogen) atoms. The van der Waals surface area contributed by atoms with Gasteiger partial charge in [-0.2, -0.15) is 0 Å². The van der Waals surface area contributed by atoms with Crippen LogP contribution in [-0.4, -0.2) is 35.4 Å². The Bertz CT molecular complexity index is 349. The van der Waals surface area contributed by atoms with Crippen LogP contribution in [0.25, 0.3) is 0 Å². The predicted molar refractivity (Wildman–Crippen MR) is 66.5 cm³/mol. The van der Waals surface area contributed by atoms with Crippen molar-refractivity contribution in [2.75, 3.05) is 13.6 Å². The summed E-state index contributed by atoms with van der Waals surface area (Å²) in [6, 6.07) is 0.197. The molecule has 0 saturated heterocycles. The predicted octanol–water partition coefficient (Wildman–Crippen LogP) is 1.41. The second-order valence-corrected chi connectivity index (χ2v) is 5.22. The third kappa shape index (κ3) is 4.72. The largest absolute Gasteiger partial charge is 0.353 e. The molecule has 0 aromatic carbocycles. The Labute approximate surface area is 101 Å². The Morgan fingerprint density at radius 1 is 1.62 bits per heavy atom. The fourth-order valence-electron chi connectivity index (χ4n) is 1.37. The van der Waals surface area contributed by atoms with Crippen LogP contribution in [0.4, 0.5) is 0 Å². The molecule has 1 rings (SSSR count). The van der Waals surface area contributed by atoms with E-state index in [0.717, 1.165) is 17.2 Å². The summed E-state index contributed by atoms with van der Waals surface area (Å²) in [4.78, 5) is 17.8. The molecule has 0 bridgehead atoms. The molecule has 4 nitrogen and oxygen atoms in total. The lowest BCUT2D eigenvalue weighted by molar-refractivity contribution is -0.122. The number of nitrogens with zero attached hydrogens (tertiary/aromatic N) is 2. The van der Waals surface area contributed by atoms with Gasteiger partial charge in [0.1, 0.15) is 5.01 Å². The molecular weight excluding hydrogens is 222 g/mol. The lowest BCUT2D eigenvalue weighted by Gasteiger charge is -2.15. The van der Waals surface area contributed by atoms with Crippen LogP contribution < -0.4 is 5.32 Å². The fourth-order valence-corrected chi connectivity index (χ4v) is 2.23. The van der Waals surface area contributed by atoms with Crippen LogP contribution in [0, 0.1) is 6.92 Å². The highest BCUT2D eigenvalue weighted by atomic mass is 32.1. The molecule has 0 aliphatic carbocycles. The Morgan fingerprint density at radius 2 is 2.31 bits per heavy atom. The van der Waals surface area contributed by atoms with Crippen molar-refractivity contribution in [3.05, 3.63) is 16.1 Å². The van der Waals surface area contributed by atoms with Crippen molar-refractivity contribution < 1.29 is 4.79 Å². The topological polar surface area (TPSA) is 45.2 Å². The summed E-state index contributed by atoms with van der Waals surface area (Å²) in [6.07, 6.45) is 0. The monoisotopic (exact) mass is 241 g/mol. The molecule has 1 aromatic rings. The summed E-state index contributed by atoms with van der Waals surface area (Å²) >= 11 is 1.63. The van der Waals surface area contributed by atoms with E-state index in [9.17, 15) is 4.79 Å². The maximum absolute atomic E-state index is 11.5.